The fourth-order valence-corrected chi connectivity index (χ4v) is 4.61. The highest BCUT2D eigenvalue weighted by molar-refractivity contribution is 6.01. The lowest BCUT2D eigenvalue weighted by Gasteiger charge is -2.42. The maximum Gasteiger partial charge on any atom is 0.190 e. The van der Waals surface area contributed by atoms with Crippen molar-refractivity contribution >= 4 is 5.71 Å². The van der Waals surface area contributed by atoms with Crippen LogP contribution in [0.1, 0.15) is 55.7 Å². The average Bonchev–Trinajstić information content (AvgIpc) is 3.14. The van der Waals surface area contributed by atoms with E-state index in [0.29, 0.717) is 5.92 Å². The van der Waals surface area contributed by atoms with E-state index < -0.39 is 0 Å². The van der Waals surface area contributed by atoms with Gasteiger partial charge in [0.25, 0.3) is 0 Å². The van der Waals surface area contributed by atoms with Crippen LogP contribution in [0.4, 0.5) is 4.39 Å². The largest absolute Gasteiger partial charge is 0.468 e. The summed E-state index contributed by atoms with van der Waals surface area (Å²) in [5.41, 5.74) is 3.23. The van der Waals surface area contributed by atoms with Gasteiger partial charge in [-0.2, -0.15) is 5.10 Å². The molecule has 1 aliphatic carbocycles. The van der Waals surface area contributed by atoms with Crippen LogP contribution in [0, 0.1) is 11.7 Å². The second-order valence-corrected chi connectivity index (χ2v) is 7.60. The third kappa shape index (κ3) is 2.68. The standard InChI is InChI=1S/C22H23FN2O/c23-17-12-10-15(11-13-17)19-14-20-18-8-4-5-9-21(18)26-22(25(20)24-19)16-6-2-1-3-7-16/h4-5,8-13,16,20,22H,1-3,6-7,14H2/t20-,22-/m0/s1. The van der Waals surface area contributed by atoms with Gasteiger partial charge in [-0.3, -0.25) is 0 Å². The molecule has 4 heteroatoms. The summed E-state index contributed by atoms with van der Waals surface area (Å²) in [7, 11) is 0. The fraction of sp³-hybridized carbons (Fsp3) is 0.409. The van der Waals surface area contributed by atoms with E-state index >= 15 is 0 Å². The van der Waals surface area contributed by atoms with Gasteiger partial charge < -0.3 is 4.74 Å². The van der Waals surface area contributed by atoms with Gasteiger partial charge in [-0.15, -0.1) is 0 Å². The molecule has 134 valence electrons. The number of halogens is 1. The van der Waals surface area contributed by atoms with Crippen molar-refractivity contribution in [3.63, 3.8) is 0 Å². The summed E-state index contributed by atoms with van der Waals surface area (Å²) in [4.78, 5) is 0. The highest BCUT2D eigenvalue weighted by atomic mass is 19.1. The van der Waals surface area contributed by atoms with Crippen molar-refractivity contribution in [2.24, 2.45) is 11.0 Å². The summed E-state index contributed by atoms with van der Waals surface area (Å²) < 4.78 is 19.7. The van der Waals surface area contributed by atoms with Gasteiger partial charge in [-0.05, 0) is 36.6 Å². The Labute approximate surface area is 153 Å². The Morgan fingerprint density at radius 2 is 1.73 bits per heavy atom. The number of hydrogen-bond acceptors (Lipinski definition) is 3. The van der Waals surface area contributed by atoms with Crippen LogP contribution in [0.2, 0.25) is 0 Å². The summed E-state index contributed by atoms with van der Waals surface area (Å²) in [6.07, 6.45) is 7.14. The van der Waals surface area contributed by atoms with Crippen molar-refractivity contribution in [3.8, 4) is 5.75 Å². The lowest BCUT2D eigenvalue weighted by molar-refractivity contribution is -0.0643. The first-order chi connectivity index (χ1) is 12.8. The third-order valence-electron chi connectivity index (χ3n) is 5.96. The lowest BCUT2D eigenvalue weighted by Crippen LogP contribution is -2.45. The Bertz CT molecular complexity index is 826. The minimum atomic E-state index is -0.209. The van der Waals surface area contributed by atoms with Crippen molar-refractivity contribution < 1.29 is 9.13 Å². The molecule has 26 heavy (non-hydrogen) atoms. The molecule has 0 unspecified atom stereocenters. The van der Waals surface area contributed by atoms with Gasteiger partial charge in [0.2, 0.25) is 0 Å². The molecule has 2 heterocycles. The highest BCUT2D eigenvalue weighted by Crippen LogP contribution is 2.46. The van der Waals surface area contributed by atoms with Gasteiger partial charge in [0.15, 0.2) is 6.23 Å². The molecule has 3 aliphatic rings. The molecule has 0 N–H and O–H groups in total. The molecule has 1 saturated carbocycles. The fourth-order valence-electron chi connectivity index (χ4n) is 4.61. The molecule has 0 bridgehead atoms. The Morgan fingerprint density at radius 3 is 2.54 bits per heavy atom. The van der Waals surface area contributed by atoms with E-state index in [0.717, 1.165) is 23.4 Å². The molecule has 0 radical (unpaired) electrons. The van der Waals surface area contributed by atoms with Crippen molar-refractivity contribution in [2.45, 2.75) is 50.8 Å². The van der Waals surface area contributed by atoms with Crippen LogP contribution in [0.5, 0.6) is 5.75 Å². The van der Waals surface area contributed by atoms with E-state index in [1.165, 1.54) is 49.8 Å². The van der Waals surface area contributed by atoms with Crippen LogP contribution in [0.15, 0.2) is 53.6 Å². The van der Waals surface area contributed by atoms with E-state index in [1.54, 1.807) is 0 Å². The van der Waals surface area contributed by atoms with E-state index in [-0.39, 0.29) is 18.1 Å². The Balaban J connectivity index is 1.52. The van der Waals surface area contributed by atoms with Gasteiger partial charge in [0.1, 0.15) is 11.6 Å². The van der Waals surface area contributed by atoms with Crippen LogP contribution < -0.4 is 4.74 Å². The zero-order valence-electron chi connectivity index (χ0n) is 14.8. The number of para-hydroxylation sites is 1. The van der Waals surface area contributed by atoms with Gasteiger partial charge in [0, 0.05) is 17.9 Å². The molecule has 2 atom stereocenters. The predicted molar refractivity (Wildman–Crippen MR) is 99.6 cm³/mol. The van der Waals surface area contributed by atoms with Crippen molar-refractivity contribution in [1.29, 1.82) is 0 Å². The number of rotatable bonds is 2. The first-order valence-electron chi connectivity index (χ1n) is 9.67. The number of hydrogen-bond donors (Lipinski definition) is 0. The first-order valence-corrected chi connectivity index (χ1v) is 9.67. The van der Waals surface area contributed by atoms with Crippen LogP contribution in [0.3, 0.4) is 0 Å². The van der Waals surface area contributed by atoms with Gasteiger partial charge in [0.05, 0.1) is 11.8 Å². The minimum Gasteiger partial charge on any atom is -0.468 e. The molecular formula is C22H23FN2O. The summed E-state index contributed by atoms with van der Waals surface area (Å²) in [6.45, 7) is 0. The zero-order valence-corrected chi connectivity index (χ0v) is 14.8. The molecule has 5 rings (SSSR count). The van der Waals surface area contributed by atoms with Gasteiger partial charge in [-0.1, -0.05) is 49.6 Å². The maximum absolute atomic E-state index is 13.3. The molecule has 0 aromatic heterocycles. The Hall–Kier alpha value is -2.36. The van der Waals surface area contributed by atoms with Crippen LogP contribution in [-0.2, 0) is 0 Å². The Kier molecular flexibility index (Phi) is 3.92. The van der Waals surface area contributed by atoms with Crippen LogP contribution in [-0.4, -0.2) is 16.9 Å². The predicted octanol–water partition coefficient (Wildman–Crippen LogP) is 5.28. The summed E-state index contributed by atoms with van der Waals surface area (Å²) in [6, 6.07) is 15.2. The molecule has 2 aliphatic heterocycles. The number of ether oxygens (including phenoxy) is 1. The normalized spacial score (nSPS) is 25.3. The van der Waals surface area contributed by atoms with Crippen LogP contribution in [0.25, 0.3) is 0 Å². The van der Waals surface area contributed by atoms with Gasteiger partial charge >= 0.3 is 0 Å². The molecule has 0 amide bonds. The van der Waals surface area contributed by atoms with E-state index in [1.807, 2.05) is 18.2 Å². The second-order valence-electron chi connectivity index (χ2n) is 7.60. The average molecular weight is 350 g/mol. The maximum atomic E-state index is 13.3. The smallest absolute Gasteiger partial charge is 0.190 e. The number of benzene rings is 2. The zero-order chi connectivity index (χ0) is 17.5. The molecule has 2 aromatic rings. The SMILES string of the molecule is Fc1ccc(C2=NN3[C@@H](C2)c2ccccc2O[C@H]3C2CCCCC2)cc1. The molecule has 1 fully saturated rings. The first kappa shape index (κ1) is 15.9. The minimum absolute atomic E-state index is 0.00754. The summed E-state index contributed by atoms with van der Waals surface area (Å²) in [5.74, 6) is 1.31. The third-order valence-corrected chi connectivity index (χ3v) is 5.96. The van der Waals surface area contributed by atoms with Crippen LogP contribution >= 0.6 is 0 Å². The number of hydrazone groups is 1. The molecule has 0 spiro atoms. The van der Waals surface area contributed by atoms with E-state index in [4.69, 9.17) is 9.84 Å². The number of nitrogens with zero attached hydrogens (tertiary/aromatic N) is 2. The summed E-state index contributed by atoms with van der Waals surface area (Å²) in [5, 5.41) is 7.16. The van der Waals surface area contributed by atoms with E-state index in [9.17, 15) is 4.39 Å². The Morgan fingerprint density at radius 1 is 0.962 bits per heavy atom. The topological polar surface area (TPSA) is 24.8 Å². The molecular weight excluding hydrogens is 327 g/mol. The second kappa shape index (κ2) is 6.42. The van der Waals surface area contributed by atoms with E-state index in [2.05, 4.69) is 23.2 Å². The van der Waals surface area contributed by atoms with Gasteiger partial charge in [-0.25, -0.2) is 9.40 Å². The number of fused-ring (bicyclic) bond motifs is 3. The molecule has 0 saturated heterocycles. The molecule has 3 nitrogen and oxygen atoms in total. The van der Waals surface area contributed by atoms with Crippen molar-refractivity contribution in [1.82, 2.24) is 5.01 Å². The highest BCUT2D eigenvalue weighted by Gasteiger charge is 2.43. The van der Waals surface area contributed by atoms with Crippen molar-refractivity contribution in [2.75, 3.05) is 0 Å². The summed E-state index contributed by atoms with van der Waals surface area (Å²) >= 11 is 0. The quantitative estimate of drug-likeness (QED) is 0.736. The monoisotopic (exact) mass is 350 g/mol. The van der Waals surface area contributed by atoms with Crippen molar-refractivity contribution in [3.05, 3.63) is 65.5 Å². The molecule has 2 aromatic carbocycles. The lowest BCUT2D eigenvalue weighted by atomic mass is 9.86.